The first-order chi connectivity index (χ1) is 14.2. The molecule has 0 spiro atoms. The molecular weight excluding hydrogens is 360 g/mol. The van der Waals surface area contributed by atoms with Crippen molar-refractivity contribution in [2.45, 2.75) is 44.3 Å². The van der Waals surface area contributed by atoms with E-state index in [-0.39, 0.29) is 5.91 Å². The van der Waals surface area contributed by atoms with E-state index in [9.17, 15) is 4.79 Å². The minimum Gasteiger partial charge on any atom is -0.347 e. The monoisotopic (exact) mass is 390 g/mol. The van der Waals surface area contributed by atoms with Crippen LogP contribution in [0.5, 0.6) is 0 Å². The fourth-order valence-electron chi connectivity index (χ4n) is 4.16. The molecule has 2 aromatic carbocycles. The predicted molar refractivity (Wildman–Crippen MR) is 117 cm³/mol. The average Bonchev–Trinajstić information content (AvgIpc) is 3.40. The Morgan fingerprint density at radius 1 is 1.07 bits per heavy atom. The summed E-state index contributed by atoms with van der Waals surface area (Å²) in [6.07, 6.45) is 5.77. The Kier molecular flexibility index (Phi) is 6.27. The van der Waals surface area contributed by atoms with Crippen LogP contribution in [0.3, 0.4) is 0 Å². The van der Waals surface area contributed by atoms with Gasteiger partial charge in [-0.3, -0.25) is 15.6 Å². The maximum atomic E-state index is 12.5. The zero-order valence-electron chi connectivity index (χ0n) is 17.1. The molecule has 1 aliphatic rings. The number of carbonyl (C=O) groups is 1. The highest BCUT2D eigenvalue weighted by Crippen LogP contribution is 2.23. The van der Waals surface area contributed by atoms with Gasteiger partial charge < -0.3 is 9.47 Å². The van der Waals surface area contributed by atoms with Crippen LogP contribution in [0.25, 0.3) is 10.9 Å². The van der Waals surface area contributed by atoms with Gasteiger partial charge in [0, 0.05) is 50.4 Å². The molecule has 0 radical (unpaired) electrons. The van der Waals surface area contributed by atoms with Crippen molar-refractivity contribution in [3.05, 3.63) is 72.4 Å². The minimum atomic E-state index is 0.211. The summed E-state index contributed by atoms with van der Waals surface area (Å²) < 4.78 is 2.17. The first kappa shape index (κ1) is 19.7. The maximum Gasteiger partial charge on any atom is 0.224 e. The highest BCUT2D eigenvalue weighted by Gasteiger charge is 2.24. The molecule has 2 unspecified atom stereocenters. The molecular formula is C24H30N4O. The van der Waals surface area contributed by atoms with E-state index in [4.69, 9.17) is 0 Å². The van der Waals surface area contributed by atoms with Gasteiger partial charge in [-0.25, -0.2) is 0 Å². The van der Waals surface area contributed by atoms with Crippen molar-refractivity contribution in [1.82, 2.24) is 20.3 Å². The summed E-state index contributed by atoms with van der Waals surface area (Å²) >= 11 is 0. The van der Waals surface area contributed by atoms with Crippen molar-refractivity contribution in [3.8, 4) is 0 Å². The lowest BCUT2D eigenvalue weighted by Crippen LogP contribution is -2.32. The Hall–Kier alpha value is -2.63. The molecule has 5 heteroatoms. The predicted octanol–water partition coefficient (Wildman–Crippen LogP) is 3.88. The number of amides is 1. The van der Waals surface area contributed by atoms with E-state index < -0.39 is 0 Å². The molecule has 5 nitrogen and oxygen atoms in total. The standard InChI is InChI=1S/C24H30N4O/c1-27(24(29)14-17-28-16-13-20-10-5-6-12-23(20)28)15-7-11-21-18-22(26-25-21)19-8-3-2-4-9-19/h2-6,8-10,12-13,16,21-22,25-26H,7,11,14-15,17-18H2,1H3. The summed E-state index contributed by atoms with van der Waals surface area (Å²) in [4.78, 5) is 14.4. The third-order valence-corrected chi connectivity index (χ3v) is 5.90. The van der Waals surface area contributed by atoms with Crippen LogP contribution in [0.1, 0.15) is 37.3 Å². The number of aromatic nitrogens is 1. The molecule has 1 aromatic heterocycles. The topological polar surface area (TPSA) is 49.3 Å². The van der Waals surface area contributed by atoms with Crippen molar-refractivity contribution in [2.24, 2.45) is 0 Å². The molecule has 0 bridgehead atoms. The lowest BCUT2D eigenvalue weighted by atomic mass is 10.00. The van der Waals surface area contributed by atoms with E-state index in [0.717, 1.165) is 32.4 Å². The van der Waals surface area contributed by atoms with Crippen molar-refractivity contribution in [3.63, 3.8) is 0 Å². The van der Waals surface area contributed by atoms with E-state index >= 15 is 0 Å². The van der Waals surface area contributed by atoms with Crippen LogP contribution in [0.15, 0.2) is 66.9 Å². The third kappa shape index (κ3) is 4.86. The SMILES string of the molecule is CN(CCCC1CC(c2ccccc2)NN1)C(=O)CCn1ccc2ccccc21. The number of hydrogen-bond donors (Lipinski definition) is 2. The largest absolute Gasteiger partial charge is 0.347 e. The van der Waals surface area contributed by atoms with E-state index in [2.05, 4.69) is 70.1 Å². The molecule has 2 N–H and O–H groups in total. The van der Waals surface area contributed by atoms with Crippen LogP contribution < -0.4 is 10.9 Å². The second-order valence-electron chi connectivity index (χ2n) is 7.96. The first-order valence-electron chi connectivity index (χ1n) is 10.5. The number of carbonyl (C=O) groups excluding carboxylic acids is 1. The van der Waals surface area contributed by atoms with E-state index in [0.29, 0.717) is 18.5 Å². The molecule has 0 aliphatic carbocycles. The van der Waals surface area contributed by atoms with Gasteiger partial charge in [0.25, 0.3) is 0 Å². The third-order valence-electron chi connectivity index (χ3n) is 5.90. The van der Waals surface area contributed by atoms with Crippen molar-refractivity contribution < 1.29 is 4.79 Å². The van der Waals surface area contributed by atoms with Gasteiger partial charge in [-0.2, -0.15) is 0 Å². The first-order valence-corrected chi connectivity index (χ1v) is 10.5. The van der Waals surface area contributed by atoms with Crippen molar-refractivity contribution >= 4 is 16.8 Å². The van der Waals surface area contributed by atoms with Crippen LogP contribution in [0.2, 0.25) is 0 Å². The number of fused-ring (bicyclic) bond motifs is 1. The number of para-hydroxylation sites is 1. The number of benzene rings is 2. The summed E-state index contributed by atoms with van der Waals surface area (Å²) in [6, 6.07) is 21.8. The summed E-state index contributed by atoms with van der Waals surface area (Å²) in [5, 5.41) is 1.22. The Morgan fingerprint density at radius 3 is 2.72 bits per heavy atom. The molecule has 1 fully saturated rings. The molecule has 1 aliphatic heterocycles. The van der Waals surface area contributed by atoms with E-state index in [1.807, 2.05) is 24.1 Å². The smallest absolute Gasteiger partial charge is 0.224 e. The normalized spacial score (nSPS) is 18.9. The number of aryl methyl sites for hydroxylation is 1. The lowest BCUT2D eigenvalue weighted by molar-refractivity contribution is -0.130. The van der Waals surface area contributed by atoms with Crippen LogP contribution in [0, 0.1) is 0 Å². The van der Waals surface area contributed by atoms with Gasteiger partial charge in [-0.1, -0.05) is 48.5 Å². The molecule has 1 amide bonds. The Morgan fingerprint density at radius 2 is 1.86 bits per heavy atom. The molecule has 152 valence electrons. The zero-order chi connectivity index (χ0) is 20.1. The number of nitrogens with zero attached hydrogens (tertiary/aromatic N) is 2. The number of hydrazine groups is 1. The van der Waals surface area contributed by atoms with Crippen LogP contribution in [-0.4, -0.2) is 35.0 Å². The highest BCUT2D eigenvalue weighted by atomic mass is 16.2. The Bertz CT molecular complexity index is 936. The summed E-state index contributed by atoms with van der Waals surface area (Å²) in [5.41, 5.74) is 9.33. The van der Waals surface area contributed by atoms with Gasteiger partial charge in [0.15, 0.2) is 0 Å². The van der Waals surface area contributed by atoms with Gasteiger partial charge >= 0.3 is 0 Å². The number of rotatable bonds is 8. The fourth-order valence-corrected chi connectivity index (χ4v) is 4.16. The van der Waals surface area contributed by atoms with E-state index in [1.165, 1.54) is 16.5 Å². The van der Waals surface area contributed by atoms with Gasteiger partial charge in [0.1, 0.15) is 0 Å². The van der Waals surface area contributed by atoms with Gasteiger partial charge in [-0.15, -0.1) is 0 Å². The van der Waals surface area contributed by atoms with Crippen molar-refractivity contribution in [2.75, 3.05) is 13.6 Å². The van der Waals surface area contributed by atoms with Crippen LogP contribution >= 0.6 is 0 Å². The van der Waals surface area contributed by atoms with Crippen LogP contribution in [-0.2, 0) is 11.3 Å². The zero-order valence-corrected chi connectivity index (χ0v) is 17.1. The highest BCUT2D eigenvalue weighted by molar-refractivity contribution is 5.80. The molecule has 2 atom stereocenters. The summed E-state index contributed by atoms with van der Waals surface area (Å²) in [6.45, 7) is 1.53. The number of hydrogen-bond acceptors (Lipinski definition) is 3. The lowest BCUT2D eigenvalue weighted by Gasteiger charge is -2.18. The molecule has 0 saturated carbocycles. The second kappa shape index (κ2) is 9.25. The van der Waals surface area contributed by atoms with Gasteiger partial charge in [-0.05, 0) is 42.3 Å². The fraction of sp³-hybridized carbons (Fsp3) is 0.375. The molecule has 29 heavy (non-hydrogen) atoms. The Labute approximate surface area is 172 Å². The molecule has 4 rings (SSSR count). The maximum absolute atomic E-state index is 12.5. The number of nitrogens with one attached hydrogen (secondary N) is 2. The van der Waals surface area contributed by atoms with Crippen LogP contribution in [0.4, 0.5) is 0 Å². The molecule has 3 aromatic rings. The van der Waals surface area contributed by atoms with E-state index in [1.54, 1.807) is 0 Å². The molecule has 1 saturated heterocycles. The summed E-state index contributed by atoms with van der Waals surface area (Å²) in [5.74, 6) is 0.211. The quantitative estimate of drug-likeness (QED) is 0.614. The Balaban J connectivity index is 1.18. The molecule has 2 heterocycles. The van der Waals surface area contributed by atoms with Gasteiger partial charge in [0.2, 0.25) is 5.91 Å². The minimum absolute atomic E-state index is 0.211. The van der Waals surface area contributed by atoms with Gasteiger partial charge in [0.05, 0.1) is 0 Å². The average molecular weight is 391 g/mol. The summed E-state index contributed by atoms with van der Waals surface area (Å²) in [7, 11) is 1.92. The second-order valence-corrected chi connectivity index (χ2v) is 7.96. The van der Waals surface area contributed by atoms with Crippen molar-refractivity contribution in [1.29, 1.82) is 0 Å².